The molecular formula is C16H22FN3O4S. The van der Waals surface area contributed by atoms with Crippen molar-refractivity contribution in [3.63, 3.8) is 0 Å². The Morgan fingerprint density at radius 2 is 2.00 bits per heavy atom. The molecule has 0 radical (unpaired) electrons. The molecule has 25 heavy (non-hydrogen) atoms. The Morgan fingerprint density at radius 3 is 2.60 bits per heavy atom. The van der Waals surface area contributed by atoms with Gasteiger partial charge in [0.05, 0.1) is 0 Å². The first kappa shape index (κ1) is 18.2. The summed E-state index contributed by atoms with van der Waals surface area (Å²) in [4.78, 5) is 12.2. The fourth-order valence-electron chi connectivity index (χ4n) is 2.87. The van der Waals surface area contributed by atoms with Gasteiger partial charge < -0.3 is 15.4 Å². The molecule has 7 nitrogen and oxygen atoms in total. The van der Waals surface area contributed by atoms with E-state index < -0.39 is 26.3 Å². The van der Waals surface area contributed by atoms with E-state index in [1.54, 1.807) is 0 Å². The summed E-state index contributed by atoms with van der Waals surface area (Å²) in [5, 5.41) is 5.82. The summed E-state index contributed by atoms with van der Waals surface area (Å²) in [5.74, 6) is -1.21. The number of carbonyl (C=O) groups is 1. The second-order valence-electron chi connectivity index (χ2n) is 6.44. The molecule has 1 aromatic rings. The highest BCUT2D eigenvalue weighted by Crippen LogP contribution is 2.27. The minimum Gasteiger partial charge on any atom is -0.368 e. The summed E-state index contributed by atoms with van der Waals surface area (Å²) in [7, 11) is -2.47. The second-order valence-corrected chi connectivity index (χ2v) is 8.13. The van der Waals surface area contributed by atoms with Crippen LogP contribution < -0.4 is 15.4 Å². The van der Waals surface area contributed by atoms with Crippen LogP contribution in [-0.2, 0) is 19.6 Å². The summed E-state index contributed by atoms with van der Waals surface area (Å²) in [6.07, 6.45) is 2.51. The number of halogens is 1. The van der Waals surface area contributed by atoms with E-state index in [1.807, 2.05) is 0 Å². The van der Waals surface area contributed by atoms with E-state index in [-0.39, 0.29) is 17.6 Å². The Labute approximate surface area is 146 Å². The number of methoxy groups -OCH3 is 1. The fraction of sp³-hybridized carbons (Fsp3) is 0.562. The predicted octanol–water partition coefficient (Wildman–Crippen LogP) is 0.973. The largest absolute Gasteiger partial charge is 0.368 e. The van der Waals surface area contributed by atoms with Gasteiger partial charge in [-0.25, -0.2) is 17.5 Å². The lowest BCUT2D eigenvalue weighted by Gasteiger charge is -2.34. The molecule has 1 amide bonds. The van der Waals surface area contributed by atoms with Crippen LogP contribution in [0.4, 0.5) is 10.1 Å². The van der Waals surface area contributed by atoms with Crippen LogP contribution >= 0.6 is 0 Å². The van der Waals surface area contributed by atoms with E-state index in [9.17, 15) is 17.6 Å². The van der Waals surface area contributed by atoms with Crippen LogP contribution in [0.1, 0.15) is 25.7 Å². The van der Waals surface area contributed by atoms with Crippen molar-refractivity contribution in [3.05, 3.63) is 24.0 Å². The number of amides is 1. The minimum absolute atomic E-state index is 0.130. The van der Waals surface area contributed by atoms with Crippen molar-refractivity contribution in [1.82, 2.24) is 10.0 Å². The number of hydrogen-bond acceptors (Lipinski definition) is 5. The molecular weight excluding hydrogens is 349 g/mol. The van der Waals surface area contributed by atoms with Crippen LogP contribution in [0.3, 0.4) is 0 Å². The van der Waals surface area contributed by atoms with Crippen molar-refractivity contribution in [3.8, 4) is 0 Å². The van der Waals surface area contributed by atoms with Gasteiger partial charge in [-0.1, -0.05) is 0 Å². The fourth-order valence-corrected chi connectivity index (χ4v) is 4.28. The van der Waals surface area contributed by atoms with Gasteiger partial charge in [0, 0.05) is 18.8 Å². The summed E-state index contributed by atoms with van der Waals surface area (Å²) < 4.78 is 46.4. The summed E-state index contributed by atoms with van der Waals surface area (Å²) in [6, 6.07) is 3.39. The molecule has 0 spiro atoms. The monoisotopic (exact) mass is 371 g/mol. The molecule has 2 aliphatic rings. The zero-order valence-electron chi connectivity index (χ0n) is 14.0. The maximum atomic E-state index is 14.0. The van der Waals surface area contributed by atoms with Gasteiger partial charge in [-0.3, -0.25) is 4.79 Å². The summed E-state index contributed by atoms with van der Waals surface area (Å²) >= 11 is 0. The Bertz CT molecular complexity index is 759. The average Bonchev–Trinajstić information content (AvgIpc) is 3.40. The number of nitrogens with one attached hydrogen (secondary N) is 3. The average molecular weight is 371 g/mol. The molecule has 1 saturated carbocycles. The van der Waals surface area contributed by atoms with Gasteiger partial charge in [-0.15, -0.1) is 0 Å². The molecule has 1 aromatic carbocycles. The van der Waals surface area contributed by atoms with Crippen molar-refractivity contribution in [2.45, 2.75) is 42.2 Å². The first-order valence-electron chi connectivity index (χ1n) is 8.25. The Morgan fingerprint density at radius 1 is 1.32 bits per heavy atom. The summed E-state index contributed by atoms with van der Waals surface area (Å²) in [6.45, 7) is 1.30. The van der Waals surface area contributed by atoms with Crippen molar-refractivity contribution in [2.75, 3.05) is 25.5 Å². The minimum atomic E-state index is -3.95. The summed E-state index contributed by atoms with van der Waals surface area (Å²) in [5.41, 5.74) is -0.747. The SMILES string of the molecule is COC1(C(=O)Nc2ccc(F)c(S(=O)(=O)NC3CC3)c2)CCNCC1. The maximum absolute atomic E-state index is 14.0. The number of benzene rings is 1. The molecule has 3 rings (SSSR count). The molecule has 3 N–H and O–H groups in total. The molecule has 1 aliphatic carbocycles. The molecule has 0 unspecified atom stereocenters. The molecule has 2 fully saturated rings. The molecule has 9 heteroatoms. The number of piperidine rings is 1. The number of carbonyl (C=O) groups excluding carboxylic acids is 1. The van der Waals surface area contributed by atoms with Crippen molar-refractivity contribution in [2.24, 2.45) is 0 Å². The molecule has 138 valence electrons. The zero-order chi connectivity index (χ0) is 18.1. The Balaban J connectivity index is 1.81. The van der Waals surface area contributed by atoms with E-state index in [0.717, 1.165) is 25.0 Å². The first-order valence-corrected chi connectivity index (χ1v) is 9.74. The van der Waals surface area contributed by atoms with Crippen LogP contribution in [0, 0.1) is 5.82 Å². The van der Waals surface area contributed by atoms with E-state index >= 15 is 0 Å². The highest BCUT2D eigenvalue weighted by Gasteiger charge is 2.40. The lowest BCUT2D eigenvalue weighted by atomic mass is 9.91. The van der Waals surface area contributed by atoms with E-state index in [0.29, 0.717) is 25.9 Å². The van der Waals surface area contributed by atoms with E-state index in [1.165, 1.54) is 13.2 Å². The van der Waals surface area contributed by atoms with E-state index in [2.05, 4.69) is 15.4 Å². The zero-order valence-corrected chi connectivity index (χ0v) is 14.8. The highest BCUT2D eigenvalue weighted by atomic mass is 32.2. The van der Waals surface area contributed by atoms with Gasteiger partial charge in [0.15, 0.2) is 0 Å². The number of hydrogen-bond donors (Lipinski definition) is 3. The number of sulfonamides is 1. The predicted molar refractivity (Wildman–Crippen MR) is 90.2 cm³/mol. The lowest BCUT2D eigenvalue weighted by molar-refractivity contribution is -0.140. The number of ether oxygens (including phenoxy) is 1. The van der Waals surface area contributed by atoms with Gasteiger partial charge >= 0.3 is 0 Å². The van der Waals surface area contributed by atoms with Crippen LogP contribution in [-0.4, -0.2) is 46.2 Å². The van der Waals surface area contributed by atoms with Gasteiger partial charge in [0.1, 0.15) is 16.3 Å². The normalized spacial score (nSPS) is 20.2. The van der Waals surface area contributed by atoms with Gasteiger partial charge in [0.2, 0.25) is 10.0 Å². The quantitative estimate of drug-likeness (QED) is 0.693. The van der Waals surface area contributed by atoms with Gasteiger partial charge in [-0.05, 0) is 57.0 Å². The molecule has 0 atom stereocenters. The van der Waals surface area contributed by atoms with Crippen molar-refractivity contribution >= 4 is 21.6 Å². The van der Waals surface area contributed by atoms with Crippen molar-refractivity contribution < 1.29 is 22.3 Å². The van der Waals surface area contributed by atoms with Gasteiger partial charge in [0.25, 0.3) is 5.91 Å². The van der Waals surface area contributed by atoms with Crippen molar-refractivity contribution in [1.29, 1.82) is 0 Å². The van der Waals surface area contributed by atoms with Gasteiger partial charge in [-0.2, -0.15) is 0 Å². The lowest BCUT2D eigenvalue weighted by Crippen LogP contribution is -2.51. The van der Waals surface area contributed by atoms with Crippen LogP contribution in [0.2, 0.25) is 0 Å². The molecule has 0 bridgehead atoms. The van der Waals surface area contributed by atoms with Crippen LogP contribution in [0.5, 0.6) is 0 Å². The molecule has 0 aromatic heterocycles. The molecule has 1 heterocycles. The Kier molecular flexibility index (Phi) is 5.10. The van der Waals surface area contributed by atoms with E-state index in [4.69, 9.17) is 4.74 Å². The third kappa shape index (κ3) is 4.00. The van der Waals surface area contributed by atoms with Crippen LogP contribution in [0.25, 0.3) is 0 Å². The third-order valence-electron chi connectivity index (χ3n) is 4.59. The smallest absolute Gasteiger partial charge is 0.256 e. The second kappa shape index (κ2) is 6.99. The molecule has 1 saturated heterocycles. The topological polar surface area (TPSA) is 96.5 Å². The number of rotatable bonds is 6. The Hall–Kier alpha value is -1.55. The third-order valence-corrected chi connectivity index (χ3v) is 6.13. The molecule has 1 aliphatic heterocycles. The van der Waals surface area contributed by atoms with Crippen LogP contribution in [0.15, 0.2) is 23.1 Å². The first-order chi connectivity index (χ1) is 11.9. The standard InChI is InChI=1S/C16H22FN3O4S/c1-24-16(6-8-18-9-7-16)15(21)19-12-4-5-13(17)14(10-12)25(22,23)20-11-2-3-11/h4-5,10-11,18,20H,2-3,6-9H2,1H3,(H,19,21). The maximum Gasteiger partial charge on any atom is 0.256 e. The highest BCUT2D eigenvalue weighted by molar-refractivity contribution is 7.89. The number of anilines is 1.